The highest BCUT2D eigenvalue weighted by molar-refractivity contribution is 7.12. The Morgan fingerprint density at radius 3 is 2.73 bits per heavy atom. The Kier molecular flexibility index (Phi) is 6.13. The molecule has 156 valence electrons. The minimum atomic E-state index is -0.270. The lowest BCUT2D eigenvalue weighted by atomic mass is 9.97. The van der Waals surface area contributed by atoms with E-state index in [2.05, 4.69) is 5.16 Å². The van der Waals surface area contributed by atoms with E-state index in [9.17, 15) is 9.59 Å². The van der Waals surface area contributed by atoms with E-state index in [1.54, 1.807) is 18.1 Å². The number of carbonyl (C=O) groups is 2. The molecule has 1 aliphatic rings. The van der Waals surface area contributed by atoms with Crippen LogP contribution in [0.5, 0.6) is 5.75 Å². The number of likely N-dealkylation sites (tertiary alicyclic amines) is 1. The van der Waals surface area contributed by atoms with Gasteiger partial charge < -0.3 is 18.9 Å². The van der Waals surface area contributed by atoms with Crippen LogP contribution in [-0.2, 0) is 16.1 Å². The van der Waals surface area contributed by atoms with Crippen molar-refractivity contribution in [3.8, 4) is 17.0 Å². The maximum Gasteiger partial charge on any atom is 0.309 e. The van der Waals surface area contributed by atoms with Gasteiger partial charge in [0.1, 0.15) is 11.4 Å². The molecule has 0 unspecified atom stereocenters. The quantitative estimate of drug-likeness (QED) is 0.554. The zero-order valence-electron chi connectivity index (χ0n) is 16.6. The zero-order chi connectivity index (χ0) is 20.9. The van der Waals surface area contributed by atoms with Crippen LogP contribution in [0, 0.1) is 5.92 Å². The van der Waals surface area contributed by atoms with Crippen LogP contribution >= 0.6 is 11.3 Å². The average molecular weight is 426 g/mol. The van der Waals surface area contributed by atoms with Crippen molar-refractivity contribution in [3.63, 3.8) is 0 Å². The first-order valence-electron chi connectivity index (χ1n) is 9.74. The van der Waals surface area contributed by atoms with E-state index in [1.807, 2.05) is 41.8 Å². The molecule has 0 aliphatic carbocycles. The number of para-hydroxylation sites is 1. The molecule has 0 spiro atoms. The average Bonchev–Trinajstić information content (AvgIpc) is 3.49. The minimum Gasteiger partial charge on any atom is -0.496 e. The second-order valence-electron chi connectivity index (χ2n) is 7.03. The third kappa shape index (κ3) is 4.38. The van der Waals surface area contributed by atoms with E-state index in [4.69, 9.17) is 14.0 Å². The third-order valence-electron chi connectivity index (χ3n) is 5.15. The Bertz CT molecular complexity index is 1010. The summed E-state index contributed by atoms with van der Waals surface area (Å²) in [6, 6.07) is 12.9. The highest BCUT2D eigenvalue weighted by Gasteiger charge is 2.29. The molecule has 7 nitrogen and oxygen atoms in total. The van der Waals surface area contributed by atoms with Gasteiger partial charge in [0.15, 0.2) is 12.4 Å². The van der Waals surface area contributed by atoms with Crippen molar-refractivity contribution in [1.82, 2.24) is 10.1 Å². The second-order valence-corrected chi connectivity index (χ2v) is 7.98. The number of hydrogen-bond acceptors (Lipinski definition) is 7. The van der Waals surface area contributed by atoms with Gasteiger partial charge in [0, 0.05) is 24.7 Å². The Balaban J connectivity index is 1.29. The van der Waals surface area contributed by atoms with Crippen LogP contribution in [0.25, 0.3) is 11.3 Å². The molecule has 8 heteroatoms. The van der Waals surface area contributed by atoms with Gasteiger partial charge in [-0.3, -0.25) is 9.59 Å². The summed E-state index contributed by atoms with van der Waals surface area (Å²) in [5.41, 5.74) is 1.43. The summed E-state index contributed by atoms with van der Waals surface area (Å²) < 4.78 is 16.1. The summed E-state index contributed by atoms with van der Waals surface area (Å²) in [4.78, 5) is 27.4. The van der Waals surface area contributed by atoms with Crippen LogP contribution in [0.2, 0.25) is 0 Å². The number of nitrogens with zero attached hydrogens (tertiary/aromatic N) is 2. The van der Waals surface area contributed by atoms with Crippen molar-refractivity contribution in [3.05, 3.63) is 58.5 Å². The van der Waals surface area contributed by atoms with Crippen LogP contribution < -0.4 is 4.74 Å². The molecule has 1 fully saturated rings. The summed E-state index contributed by atoms with van der Waals surface area (Å²) >= 11 is 1.43. The fraction of sp³-hybridized carbons (Fsp3) is 0.318. The van der Waals surface area contributed by atoms with Crippen molar-refractivity contribution in [2.75, 3.05) is 20.2 Å². The molecule has 0 saturated carbocycles. The van der Waals surface area contributed by atoms with E-state index >= 15 is 0 Å². The molecule has 1 aliphatic heterocycles. The molecule has 4 rings (SSSR count). The predicted octanol–water partition coefficient (Wildman–Crippen LogP) is 4.01. The zero-order valence-corrected chi connectivity index (χ0v) is 17.4. The topological polar surface area (TPSA) is 81.9 Å². The maximum atomic E-state index is 12.4. The second kappa shape index (κ2) is 9.13. The van der Waals surface area contributed by atoms with Crippen molar-refractivity contribution in [1.29, 1.82) is 0 Å². The van der Waals surface area contributed by atoms with Crippen LogP contribution in [0.3, 0.4) is 0 Å². The Labute approximate surface area is 178 Å². The molecule has 0 N–H and O–H groups in total. The molecule has 1 amide bonds. The van der Waals surface area contributed by atoms with Crippen LogP contribution in [-0.4, -0.2) is 42.1 Å². The predicted molar refractivity (Wildman–Crippen MR) is 111 cm³/mol. The summed E-state index contributed by atoms with van der Waals surface area (Å²) in [5.74, 6) is 0.706. The molecule has 3 aromatic rings. The summed E-state index contributed by atoms with van der Waals surface area (Å²) in [5, 5.41) is 5.94. The number of benzene rings is 1. The summed E-state index contributed by atoms with van der Waals surface area (Å²) in [6.07, 6.45) is 1.19. The van der Waals surface area contributed by atoms with Crippen LogP contribution in [0.4, 0.5) is 0 Å². The van der Waals surface area contributed by atoms with Gasteiger partial charge in [-0.1, -0.05) is 23.4 Å². The van der Waals surface area contributed by atoms with Gasteiger partial charge in [0.05, 0.1) is 17.9 Å². The van der Waals surface area contributed by atoms with Crippen molar-refractivity contribution in [2.24, 2.45) is 5.92 Å². The smallest absolute Gasteiger partial charge is 0.309 e. The van der Waals surface area contributed by atoms with Gasteiger partial charge in [0.25, 0.3) is 5.91 Å². The van der Waals surface area contributed by atoms with Crippen molar-refractivity contribution >= 4 is 23.2 Å². The van der Waals surface area contributed by atoms with Gasteiger partial charge in [-0.15, -0.1) is 11.3 Å². The standard InChI is InChI=1S/C22H22N2O5S/c1-27-19-6-3-2-5-17(19)18-13-16(29-23-18)14-28-22(26)15-8-10-24(11-9-15)21(25)20-7-4-12-30-20/h2-7,12-13,15H,8-11,14H2,1H3. The number of amides is 1. The number of carbonyl (C=O) groups excluding carboxylic acids is 2. The molecule has 1 aromatic carbocycles. The molecule has 0 atom stereocenters. The Morgan fingerprint density at radius 1 is 1.20 bits per heavy atom. The normalized spacial score (nSPS) is 14.5. The molecule has 1 saturated heterocycles. The monoisotopic (exact) mass is 426 g/mol. The maximum absolute atomic E-state index is 12.4. The fourth-order valence-corrected chi connectivity index (χ4v) is 4.19. The summed E-state index contributed by atoms with van der Waals surface area (Å²) in [7, 11) is 1.60. The first-order chi connectivity index (χ1) is 14.7. The molecule has 0 radical (unpaired) electrons. The van der Waals surface area contributed by atoms with E-state index < -0.39 is 0 Å². The van der Waals surface area contributed by atoms with Crippen molar-refractivity contribution in [2.45, 2.75) is 19.4 Å². The van der Waals surface area contributed by atoms with Gasteiger partial charge in [-0.05, 0) is 36.4 Å². The number of thiophene rings is 1. The van der Waals surface area contributed by atoms with Gasteiger partial charge >= 0.3 is 5.97 Å². The first-order valence-corrected chi connectivity index (χ1v) is 10.6. The van der Waals surface area contributed by atoms with Crippen molar-refractivity contribution < 1.29 is 23.6 Å². The van der Waals surface area contributed by atoms with E-state index in [-0.39, 0.29) is 24.4 Å². The number of rotatable bonds is 6. The fourth-order valence-electron chi connectivity index (χ4n) is 3.50. The molecular weight excluding hydrogens is 404 g/mol. The SMILES string of the molecule is COc1ccccc1-c1cc(COC(=O)C2CCN(C(=O)c3cccs3)CC2)on1. The first kappa shape index (κ1) is 20.2. The number of methoxy groups -OCH3 is 1. The third-order valence-corrected chi connectivity index (χ3v) is 6.00. The van der Waals surface area contributed by atoms with Gasteiger partial charge in [-0.25, -0.2) is 0 Å². The van der Waals surface area contributed by atoms with E-state index in [1.165, 1.54) is 11.3 Å². The molecule has 3 heterocycles. The summed E-state index contributed by atoms with van der Waals surface area (Å²) in [6.45, 7) is 1.13. The Hall–Kier alpha value is -3.13. The number of piperidine rings is 1. The van der Waals surface area contributed by atoms with Crippen LogP contribution in [0.15, 0.2) is 52.4 Å². The number of aromatic nitrogens is 1. The number of hydrogen-bond donors (Lipinski definition) is 0. The van der Waals surface area contributed by atoms with Gasteiger partial charge in [0.2, 0.25) is 0 Å². The van der Waals surface area contributed by atoms with E-state index in [0.29, 0.717) is 43.1 Å². The number of esters is 1. The number of ether oxygens (including phenoxy) is 2. The minimum absolute atomic E-state index is 0.0231. The Morgan fingerprint density at radius 2 is 2.00 bits per heavy atom. The molecule has 2 aromatic heterocycles. The lowest BCUT2D eigenvalue weighted by Crippen LogP contribution is -2.40. The highest BCUT2D eigenvalue weighted by atomic mass is 32.1. The largest absolute Gasteiger partial charge is 0.496 e. The lowest BCUT2D eigenvalue weighted by Gasteiger charge is -2.30. The molecule has 0 bridgehead atoms. The molecular formula is C22H22N2O5S. The molecule has 30 heavy (non-hydrogen) atoms. The lowest BCUT2D eigenvalue weighted by molar-refractivity contribution is -0.152. The van der Waals surface area contributed by atoms with Crippen LogP contribution in [0.1, 0.15) is 28.3 Å². The van der Waals surface area contributed by atoms with Gasteiger partial charge in [-0.2, -0.15) is 0 Å². The highest BCUT2D eigenvalue weighted by Crippen LogP contribution is 2.29. The van der Waals surface area contributed by atoms with E-state index in [0.717, 1.165) is 10.4 Å².